The van der Waals surface area contributed by atoms with Crippen LogP contribution in [-0.2, 0) is 12.4 Å². The van der Waals surface area contributed by atoms with Crippen LogP contribution in [0.5, 0.6) is 5.75 Å². The van der Waals surface area contributed by atoms with Gasteiger partial charge in [-0.3, -0.25) is 4.79 Å². The first-order valence-electron chi connectivity index (χ1n) is 5.90. The molecule has 98 valence electrons. The van der Waals surface area contributed by atoms with E-state index in [0.29, 0.717) is 12.4 Å². The van der Waals surface area contributed by atoms with Gasteiger partial charge in [0, 0.05) is 12.4 Å². The summed E-state index contributed by atoms with van der Waals surface area (Å²) in [6, 6.07) is 14.2. The van der Waals surface area contributed by atoms with Gasteiger partial charge in [-0.05, 0) is 23.3 Å². The molecule has 0 saturated carbocycles. The zero-order chi connectivity index (χ0) is 13.7. The number of rotatable bonds is 4. The number of phenolic OH excluding ortho intramolecular Hbond substituents is 1. The highest BCUT2D eigenvalue weighted by Gasteiger charge is 2.09. The van der Waals surface area contributed by atoms with E-state index in [1.54, 1.807) is 18.2 Å². The van der Waals surface area contributed by atoms with E-state index in [-0.39, 0.29) is 17.2 Å². The summed E-state index contributed by atoms with van der Waals surface area (Å²) in [4.78, 5) is 11.9. The topological polar surface area (TPSA) is 49.3 Å². The molecule has 2 aromatic carbocycles. The second-order valence-corrected chi connectivity index (χ2v) is 4.42. The predicted octanol–water partition coefficient (Wildman–Crippen LogP) is 3.06. The lowest BCUT2D eigenvalue weighted by atomic mass is 10.1. The maximum absolute atomic E-state index is 11.9. The van der Waals surface area contributed by atoms with E-state index >= 15 is 0 Å². The first kappa shape index (κ1) is 13.4. The number of phenols is 1. The van der Waals surface area contributed by atoms with E-state index in [1.807, 2.05) is 24.3 Å². The van der Waals surface area contributed by atoms with Crippen LogP contribution in [0.2, 0.25) is 0 Å². The second kappa shape index (κ2) is 6.25. The van der Waals surface area contributed by atoms with Crippen LogP contribution >= 0.6 is 11.6 Å². The Morgan fingerprint density at radius 3 is 2.32 bits per heavy atom. The molecule has 0 saturated heterocycles. The SMILES string of the molecule is O=C(NCc1ccc(CCl)cc1)c1ccccc1O. The van der Waals surface area contributed by atoms with Crippen LogP contribution < -0.4 is 5.32 Å². The summed E-state index contributed by atoms with van der Waals surface area (Å²) in [5, 5.41) is 12.3. The largest absolute Gasteiger partial charge is 0.507 e. The first-order chi connectivity index (χ1) is 9.20. The minimum absolute atomic E-state index is 0.0162. The lowest BCUT2D eigenvalue weighted by Crippen LogP contribution is -2.22. The van der Waals surface area contributed by atoms with Gasteiger partial charge in [0.25, 0.3) is 5.91 Å². The van der Waals surface area contributed by atoms with Crippen molar-refractivity contribution < 1.29 is 9.90 Å². The molecule has 2 aromatic rings. The number of hydrogen-bond acceptors (Lipinski definition) is 2. The Bertz CT molecular complexity index is 567. The van der Waals surface area contributed by atoms with Gasteiger partial charge in [0.15, 0.2) is 0 Å². The summed E-state index contributed by atoms with van der Waals surface area (Å²) in [5.74, 6) is 0.168. The fraction of sp³-hybridized carbons (Fsp3) is 0.133. The Labute approximate surface area is 116 Å². The first-order valence-corrected chi connectivity index (χ1v) is 6.44. The monoisotopic (exact) mass is 275 g/mol. The van der Waals surface area contributed by atoms with Crippen LogP contribution in [0, 0.1) is 0 Å². The van der Waals surface area contributed by atoms with Crippen molar-refractivity contribution in [1.82, 2.24) is 5.32 Å². The molecule has 0 bridgehead atoms. The van der Waals surface area contributed by atoms with E-state index in [9.17, 15) is 9.90 Å². The van der Waals surface area contributed by atoms with Gasteiger partial charge in [0.05, 0.1) is 5.56 Å². The molecule has 0 heterocycles. The summed E-state index contributed by atoms with van der Waals surface area (Å²) in [7, 11) is 0. The number of alkyl halides is 1. The summed E-state index contributed by atoms with van der Waals surface area (Å²) >= 11 is 5.71. The van der Waals surface area contributed by atoms with Crippen LogP contribution in [0.25, 0.3) is 0 Å². The highest BCUT2D eigenvalue weighted by Crippen LogP contribution is 2.15. The van der Waals surface area contributed by atoms with Crippen molar-refractivity contribution >= 4 is 17.5 Å². The zero-order valence-corrected chi connectivity index (χ0v) is 11.0. The lowest BCUT2D eigenvalue weighted by Gasteiger charge is -2.07. The van der Waals surface area contributed by atoms with Gasteiger partial charge >= 0.3 is 0 Å². The number of halogens is 1. The molecule has 4 heteroatoms. The summed E-state index contributed by atoms with van der Waals surface area (Å²) in [5.41, 5.74) is 2.30. The van der Waals surface area contributed by atoms with Crippen LogP contribution in [0.3, 0.4) is 0 Å². The van der Waals surface area contributed by atoms with Crippen LogP contribution in [0.4, 0.5) is 0 Å². The molecule has 0 unspecified atom stereocenters. The van der Waals surface area contributed by atoms with E-state index in [4.69, 9.17) is 11.6 Å². The molecule has 0 aromatic heterocycles. The van der Waals surface area contributed by atoms with Gasteiger partial charge in [-0.1, -0.05) is 36.4 Å². The zero-order valence-electron chi connectivity index (χ0n) is 10.3. The van der Waals surface area contributed by atoms with Gasteiger partial charge in [-0.2, -0.15) is 0 Å². The molecule has 2 rings (SSSR count). The average molecular weight is 276 g/mol. The lowest BCUT2D eigenvalue weighted by molar-refractivity contribution is 0.0948. The van der Waals surface area contributed by atoms with Gasteiger partial charge in [0.2, 0.25) is 0 Å². The molecule has 19 heavy (non-hydrogen) atoms. The molecule has 0 spiro atoms. The van der Waals surface area contributed by atoms with E-state index in [1.165, 1.54) is 6.07 Å². The molecule has 0 fully saturated rings. The number of nitrogens with one attached hydrogen (secondary N) is 1. The summed E-state index contributed by atoms with van der Waals surface area (Å²) < 4.78 is 0. The normalized spacial score (nSPS) is 10.2. The van der Waals surface area contributed by atoms with Crippen molar-refractivity contribution in [3.8, 4) is 5.75 Å². The molecule has 1 amide bonds. The molecule has 2 N–H and O–H groups in total. The van der Waals surface area contributed by atoms with E-state index in [2.05, 4.69) is 5.32 Å². The molecular formula is C15H14ClNO2. The minimum Gasteiger partial charge on any atom is -0.507 e. The van der Waals surface area contributed by atoms with Crippen LogP contribution in [0.15, 0.2) is 48.5 Å². The molecule has 0 aliphatic rings. The number of amides is 1. The molecule has 0 aliphatic carbocycles. The third kappa shape index (κ3) is 3.48. The van der Waals surface area contributed by atoms with Gasteiger partial charge in [-0.15, -0.1) is 11.6 Å². The Morgan fingerprint density at radius 2 is 1.68 bits per heavy atom. The number of benzene rings is 2. The fourth-order valence-corrected chi connectivity index (χ4v) is 1.87. The highest BCUT2D eigenvalue weighted by molar-refractivity contribution is 6.17. The van der Waals surface area contributed by atoms with Crippen molar-refractivity contribution in [2.75, 3.05) is 0 Å². The summed E-state index contributed by atoms with van der Waals surface area (Å²) in [6.45, 7) is 0.412. The average Bonchev–Trinajstić information content (AvgIpc) is 2.46. The Hall–Kier alpha value is -2.00. The van der Waals surface area contributed by atoms with Crippen molar-refractivity contribution in [2.24, 2.45) is 0 Å². The Kier molecular flexibility index (Phi) is 4.42. The smallest absolute Gasteiger partial charge is 0.255 e. The number of aromatic hydroxyl groups is 1. The molecule has 3 nitrogen and oxygen atoms in total. The number of para-hydroxylation sites is 1. The standard InChI is InChI=1S/C15H14ClNO2/c16-9-11-5-7-12(8-6-11)10-17-15(19)13-3-1-2-4-14(13)18/h1-8,18H,9-10H2,(H,17,19). The third-order valence-electron chi connectivity index (χ3n) is 2.78. The second-order valence-electron chi connectivity index (χ2n) is 4.15. The predicted molar refractivity (Wildman–Crippen MR) is 75.3 cm³/mol. The quantitative estimate of drug-likeness (QED) is 0.843. The molecular weight excluding hydrogens is 262 g/mol. The third-order valence-corrected chi connectivity index (χ3v) is 3.09. The highest BCUT2D eigenvalue weighted by atomic mass is 35.5. The minimum atomic E-state index is -0.292. The Morgan fingerprint density at radius 1 is 1.05 bits per heavy atom. The Balaban J connectivity index is 1.98. The van der Waals surface area contributed by atoms with Gasteiger partial charge in [0.1, 0.15) is 5.75 Å². The number of hydrogen-bond donors (Lipinski definition) is 2. The number of carbonyl (C=O) groups is 1. The van der Waals surface area contributed by atoms with Crippen molar-refractivity contribution in [1.29, 1.82) is 0 Å². The molecule has 0 aliphatic heterocycles. The van der Waals surface area contributed by atoms with Gasteiger partial charge in [-0.25, -0.2) is 0 Å². The van der Waals surface area contributed by atoms with Crippen molar-refractivity contribution in [3.05, 3.63) is 65.2 Å². The van der Waals surface area contributed by atoms with Crippen molar-refractivity contribution in [3.63, 3.8) is 0 Å². The summed E-state index contributed by atoms with van der Waals surface area (Å²) in [6.07, 6.45) is 0. The van der Waals surface area contributed by atoms with Crippen LogP contribution in [0.1, 0.15) is 21.5 Å². The van der Waals surface area contributed by atoms with Crippen LogP contribution in [-0.4, -0.2) is 11.0 Å². The fourth-order valence-electron chi connectivity index (χ4n) is 1.69. The number of carbonyl (C=O) groups excluding carboxylic acids is 1. The van der Waals surface area contributed by atoms with E-state index < -0.39 is 0 Å². The molecule has 0 atom stereocenters. The van der Waals surface area contributed by atoms with Crippen molar-refractivity contribution in [2.45, 2.75) is 12.4 Å². The molecule has 0 radical (unpaired) electrons. The maximum Gasteiger partial charge on any atom is 0.255 e. The maximum atomic E-state index is 11.9. The van der Waals surface area contributed by atoms with E-state index in [0.717, 1.165) is 11.1 Å². The van der Waals surface area contributed by atoms with Gasteiger partial charge < -0.3 is 10.4 Å².